The summed E-state index contributed by atoms with van der Waals surface area (Å²) in [5, 5.41) is 6.56. The standard InChI is InChI=1S/C11H19N3/c1-8(2)14-11-5-9(3)13-7-10(11)6-12-4/h5,7-8,12H,6H2,1-4H3,(H,13,14). The molecule has 0 saturated heterocycles. The zero-order valence-corrected chi connectivity index (χ0v) is 9.39. The van der Waals surface area contributed by atoms with Gasteiger partial charge < -0.3 is 10.6 Å². The first-order valence-corrected chi connectivity index (χ1v) is 5.00. The molecule has 0 unspecified atom stereocenters. The predicted molar refractivity (Wildman–Crippen MR) is 60.5 cm³/mol. The fourth-order valence-electron chi connectivity index (χ4n) is 1.36. The van der Waals surface area contributed by atoms with E-state index in [1.54, 1.807) is 0 Å². The molecule has 0 aliphatic heterocycles. The van der Waals surface area contributed by atoms with E-state index in [4.69, 9.17) is 0 Å². The second kappa shape index (κ2) is 4.96. The zero-order chi connectivity index (χ0) is 10.6. The van der Waals surface area contributed by atoms with Crippen molar-refractivity contribution in [3.63, 3.8) is 0 Å². The summed E-state index contributed by atoms with van der Waals surface area (Å²) in [5.41, 5.74) is 3.45. The third-order valence-corrected chi connectivity index (χ3v) is 1.93. The lowest BCUT2D eigenvalue weighted by atomic mass is 10.2. The largest absolute Gasteiger partial charge is 0.383 e. The first-order chi connectivity index (χ1) is 6.63. The van der Waals surface area contributed by atoms with Crippen molar-refractivity contribution in [2.24, 2.45) is 0 Å². The van der Waals surface area contributed by atoms with Crippen LogP contribution >= 0.6 is 0 Å². The summed E-state index contributed by atoms with van der Waals surface area (Å²) >= 11 is 0. The maximum absolute atomic E-state index is 4.29. The summed E-state index contributed by atoms with van der Waals surface area (Å²) in [6.07, 6.45) is 1.93. The van der Waals surface area contributed by atoms with Crippen LogP contribution in [0.3, 0.4) is 0 Å². The highest BCUT2D eigenvalue weighted by molar-refractivity contribution is 5.51. The predicted octanol–water partition coefficient (Wildman–Crippen LogP) is 1.93. The molecule has 0 aliphatic rings. The van der Waals surface area contributed by atoms with Crippen molar-refractivity contribution in [3.05, 3.63) is 23.5 Å². The maximum atomic E-state index is 4.29. The Morgan fingerprint density at radius 3 is 2.71 bits per heavy atom. The zero-order valence-electron chi connectivity index (χ0n) is 9.39. The highest BCUT2D eigenvalue weighted by Crippen LogP contribution is 2.16. The number of aryl methyl sites for hydroxylation is 1. The van der Waals surface area contributed by atoms with Crippen LogP contribution in [0.4, 0.5) is 5.69 Å². The first kappa shape index (κ1) is 11.0. The van der Waals surface area contributed by atoms with Crippen LogP contribution in [0.25, 0.3) is 0 Å². The Morgan fingerprint density at radius 1 is 1.43 bits per heavy atom. The molecule has 0 atom stereocenters. The van der Waals surface area contributed by atoms with E-state index in [1.165, 1.54) is 11.3 Å². The number of aromatic nitrogens is 1. The van der Waals surface area contributed by atoms with Crippen molar-refractivity contribution in [1.29, 1.82) is 0 Å². The molecular weight excluding hydrogens is 174 g/mol. The number of hydrogen-bond acceptors (Lipinski definition) is 3. The van der Waals surface area contributed by atoms with Crippen molar-refractivity contribution in [3.8, 4) is 0 Å². The topological polar surface area (TPSA) is 37.0 Å². The summed E-state index contributed by atoms with van der Waals surface area (Å²) < 4.78 is 0. The molecule has 14 heavy (non-hydrogen) atoms. The average Bonchev–Trinajstić information content (AvgIpc) is 2.09. The van der Waals surface area contributed by atoms with Crippen molar-refractivity contribution >= 4 is 5.69 Å². The van der Waals surface area contributed by atoms with Crippen LogP contribution in [0, 0.1) is 6.92 Å². The van der Waals surface area contributed by atoms with Gasteiger partial charge in [-0.05, 0) is 33.9 Å². The molecule has 0 amide bonds. The number of anilines is 1. The normalized spacial score (nSPS) is 10.6. The van der Waals surface area contributed by atoms with Gasteiger partial charge in [-0.1, -0.05) is 0 Å². The Kier molecular flexibility index (Phi) is 3.89. The molecule has 0 fully saturated rings. The molecule has 1 aromatic rings. The monoisotopic (exact) mass is 193 g/mol. The quantitative estimate of drug-likeness (QED) is 0.767. The lowest BCUT2D eigenvalue weighted by Gasteiger charge is -2.14. The fourth-order valence-corrected chi connectivity index (χ4v) is 1.36. The second-order valence-corrected chi connectivity index (χ2v) is 3.81. The number of rotatable bonds is 4. The van der Waals surface area contributed by atoms with Crippen molar-refractivity contribution in [2.75, 3.05) is 12.4 Å². The van der Waals surface area contributed by atoms with Gasteiger partial charge in [-0.2, -0.15) is 0 Å². The Bertz CT molecular complexity index is 295. The van der Waals surface area contributed by atoms with E-state index >= 15 is 0 Å². The summed E-state index contributed by atoms with van der Waals surface area (Å²) in [5.74, 6) is 0. The van der Waals surface area contributed by atoms with E-state index in [-0.39, 0.29) is 0 Å². The smallest absolute Gasteiger partial charge is 0.0421 e. The maximum Gasteiger partial charge on any atom is 0.0421 e. The van der Waals surface area contributed by atoms with Crippen LogP contribution in [0.1, 0.15) is 25.1 Å². The van der Waals surface area contributed by atoms with Crippen LogP contribution in [0.5, 0.6) is 0 Å². The van der Waals surface area contributed by atoms with Gasteiger partial charge in [0, 0.05) is 35.7 Å². The SMILES string of the molecule is CNCc1cnc(C)cc1NC(C)C. The average molecular weight is 193 g/mol. The molecule has 1 rings (SSSR count). The molecule has 1 heterocycles. The first-order valence-electron chi connectivity index (χ1n) is 5.00. The number of nitrogens with zero attached hydrogens (tertiary/aromatic N) is 1. The summed E-state index contributed by atoms with van der Waals surface area (Å²) in [6.45, 7) is 7.13. The molecular formula is C11H19N3. The Hall–Kier alpha value is -1.09. The third kappa shape index (κ3) is 3.00. The molecule has 0 bridgehead atoms. The van der Waals surface area contributed by atoms with E-state index in [0.29, 0.717) is 6.04 Å². The molecule has 0 aliphatic carbocycles. The van der Waals surface area contributed by atoms with Gasteiger partial charge in [0.1, 0.15) is 0 Å². The molecule has 0 aromatic carbocycles. The molecule has 1 aromatic heterocycles. The molecule has 3 nitrogen and oxygen atoms in total. The van der Waals surface area contributed by atoms with Gasteiger partial charge in [-0.3, -0.25) is 4.98 Å². The number of hydrogen-bond donors (Lipinski definition) is 2. The number of pyridine rings is 1. The molecule has 78 valence electrons. The molecule has 3 heteroatoms. The molecule has 0 saturated carbocycles. The van der Waals surface area contributed by atoms with Gasteiger partial charge in [0.05, 0.1) is 0 Å². The van der Waals surface area contributed by atoms with Crippen molar-refractivity contribution in [2.45, 2.75) is 33.4 Å². The molecule has 2 N–H and O–H groups in total. The van der Waals surface area contributed by atoms with Crippen LogP contribution in [-0.2, 0) is 6.54 Å². The van der Waals surface area contributed by atoms with Crippen molar-refractivity contribution < 1.29 is 0 Å². The van der Waals surface area contributed by atoms with E-state index in [2.05, 4.69) is 35.5 Å². The van der Waals surface area contributed by atoms with Crippen LogP contribution in [-0.4, -0.2) is 18.1 Å². The Balaban J connectivity index is 2.90. The minimum atomic E-state index is 0.451. The second-order valence-electron chi connectivity index (χ2n) is 3.81. The van der Waals surface area contributed by atoms with Gasteiger partial charge in [-0.25, -0.2) is 0 Å². The lowest BCUT2D eigenvalue weighted by Crippen LogP contribution is -2.14. The van der Waals surface area contributed by atoms with Crippen LogP contribution in [0.15, 0.2) is 12.3 Å². The Morgan fingerprint density at radius 2 is 2.14 bits per heavy atom. The van der Waals surface area contributed by atoms with Crippen molar-refractivity contribution in [1.82, 2.24) is 10.3 Å². The minimum absolute atomic E-state index is 0.451. The number of nitrogens with one attached hydrogen (secondary N) is 2. The van der Waals surface area contributed by atoms with E-state index < -0.39 is 0 Å². The molecule has 0 spiro atoms. The lowest BCUT2D eigenvalue weighted by molar-refractivity contribution is 0.805. The summed E-state index contributed by atoms with van der Waals surface area (Å²) in [7, 11) is 1.94. The van der Waals surface area contributed by atoms with Crippen LogP contribution < -0.4 is 10.6 Å². The van der Waals surface area contributed by atoms with E-state index in [9.17, 15) is 0 Å². The fraction of sp³-hybridized carbons (Fsp3) is 0.545. The van der Waals surface area contributed by atoms with Gasteiger partial charge >= 0.3 is 0 Å². The van der Waals surface area contributed by atoms with Gasteiger partial charge in [0.25, 0.3) is 0 Å². The highest BCUT2D eigenvalue weighted by atomic mass is 14.9. The van der Waals surface area contributed by atoms with Crippen LogP contribution in [0.2, 0.25) is 0 Å². The third-order valence-electron chi connectivity index (χ3n) is 1.93. The Labute approximate surface area is 85.9 Å². The van der Waals surface area contributed by atoms with E-state index in [1.807, 2.05) is 20.2 Å². The van der Waals surface area contributed by atoms with Gasteiger partial charge in [0.15, 0.2) is 0 Å². The summed E-state index contributed by atoms with van der Waals surface area (Å²) in [4.78, 5) is 4.29. The molecule has 0 radical (unpaired) electrons. The highest BCUT2D eigenvalue weighted by Gasteiger charge is 2.03. The van der Waals surface area contributed by atoms with Gasteiger partial charge in [-0.15, -0.1) is 0 Å². The minimum Gasteiger partial charge on any atom is -0.383 e. The summed E-state index contributed by atoms with van der Waals surface area (Å²) in [6, 6.07) is 2.54. The van der Waals surface area contributed by atoms with Gasteiger partial charge in [0.2, 0.25) is 0 Å². The van der Waals surface area contributed by atoms with E-state index in [0.717, 1.165) is 12.2 Å².